The molecule has 5 rings (SSSR count). The van der Waals surface area contributed by atoms with Crippen molar-refractivity contribution in [2.24, 2.45) is 0 Å². The molecule has 1 fully saturated rings. The van der Waals surface area contributed by atoms with Crippen LogP contribution in [0, 0.1) is 13.8 Å². The zero-order chi connectivity index (χ0) is 27.7. The second-order valence-corrected chi connectivity index (χ2v) is 12.2. The van der Waals surface area contributed by atoms with Gasteiger partial charge in [-0.05, 0) is 38.1 Å². The third kappa shape index (κ3) is 4.99. The first-order valence-corrected chi connectivity index (χ1v) is 15.1. The van der Waals surface area contributed by atoms with Crippen LogP contribution < -0.4 is 14.4 Å². The number of aryl methyl sites for hydroxylation is 1. The molecule has 0 spiro atoms. The Morgan fingerprint density at radius 2 is 1.79 bits per heavy atom. The largest absolute Gasteiger partial charge is 0.497 e. The molecule has 2 aromatic carbocycles. The number of imidazole rings is 1. The summed E-state index contributed by atoms with van der Waals surface area (Å²) in [5.41, 5.74) is 3.36. The number of para-hydroxylation sites is 1. The Morgan fingerprint density at radius 3 is 2.51 bits per heavy atom. The molecule has 0 bridgehead atoms. The Hall–Kier alpha value is -3.48. The summed E-state index contributed by atoms with van der Waals surface area (Å²) in [4.78, 5) is 11.1. The lowest BCUT2D eigenvalue weighted by atomic mass is 10.1. The first-order chi connectivity index (χ1) is 18.8. The Bertz CT molecular complexity index is 1660. The number of morpholine rings is 1. The van der Waals surface area contributed by atoms with Crippen molar-refractivity contribution in [2.75, 3.05) is 45.4 Å². The molecule has 0 radical (unpaired) electrons. The molecule has 0 N–H and O–H groups in total. The number of methoxy groups -OCH3 is 2. The average Bonchev–Trinajstić information content (AvgIpc) is 3.35. The summed E-state index contributed by atoms with van der Waals surface area (Å²) >= 11 is 0. The summed E-state index contributed by atoms with van der Waals surface area (Å²) in [5, 5.41) is -0.0872. The summed E-state index contributed by atoms with van der Waals surface area (Å²) in [6.07, 6.45) is 1.65. The number of nitrogens with zero attached hydrogens (tertiary/aromatic N) is 4. The molecule has 206 valence electrons. The van der Waals surface area contributed by atoms with Crippen LogP contribution in [0.3, 0.4) is 0 Å². The second-order valence-electron chi connectivity index (χ2n) is 9.12. The quantitative estimate of drug-likeness (QED) is 0.314. The molecule has 1 atom stereocenters. The van der Waals surface area contributed by atoms with Crippen LogP contribution in [-0.4, -0.2) is 67.1 Å². The predicted molar refractivity (Wildman–Crippen MR) is 149 cm³/mol. The van der Waals surface area contributed by atoms with E-state index in [9.17, 15) is 12.6 Å². The Balaban J connectivity index is 1.67. The number of aromatic nitrogens is 3. The van der Waals surface area contributed by atoms with E-state index in [1.807, 2.05) is 18.7 Å². The van der Waals surface area contributed by atoms with E-state index in [1.165, 1.54) is 7.11 Å². The minimum absolute atomic E-state index is 0.0381. The van der Waals surface area contributed by atoms with E-state index in [2.05, 4.69) is 9.97 Å². The van der Waals surface area contributed by atoms with Gasteiger partial charge in [-0.1, -0.05) is 12.1 Å². The lowest BCUT2D eigenvalue weighted by molar-refractivity contribution is 0.122. The molecule has 1 aliphatic rings. The maximum Gasteiger partial charge on any atom is 0.272 e. The van der Waals surface area contributed by atoms with Gasteiger partial charge >= 0.3 is 0 Å². The van der Waals surface area contributed by atoms with Crippen molar-refractivity contribution in [3.8, 4) is 11.5 Å². The van der Waals surface area contributed by atoms with Gasteiger partial charge in [0.25, 0.3) is 10.0 Å². The second kappa shape index (κ2) is 10.9. The molecule has 3 heterocycles. The van der Waals surface area contributed by atoms with Crippen LogP contribution in [0.25, 0.3) is 11.0 Å². The molecule has 2 aromatic heterocycles. The number of pyridine rings is 1. The fourth-order valence-corrected chi connectivity index (χ4v) is 8.02. The average molecular weight is 571 g/mol. The Kier molecular flexibility index (Phi) is 7.61. The maximum atomic E-state index is 14.4. The van der Waals surface area contributed by atoms with Gasteiger partial charge in [-0.15, -0.1) is 0 Å². The minimum atomic E-state index is -4.25. The monoisotopic (exact) mass is 570 g/mol. The van der Waals surface area contributed by atoms with E-state index in [-0.39, 0.29) is 21.3 Å². The number of benzene rings is 2. The van der Waals surface area contributed by atoms with Crippen LogP contribution in [0.4, 0.5) is 5.69 Å². The highest BCUT2D eigenvalue weighted by Gasteiger charge is 2.31. The first-order valence-electron chi connectivity index (χ1n) is 12.4. The molecule has 39 heavy (non-hydrogen) atoms. The molecule has 0 aliphatic carbocycles. The highest BCUT2D eigenvalue weighted by atomic mass is 32.2. The fourth-order valence-electron chi connectivity index (χ4n) is 4.76. The molecular formula is C27H30N4O6S2. The highest BCUT2D eigenvalue weighted by molar-refractivity contribution is 7.91. The van der Waals surface area contributed by atoms with Crippen LogP contribution in [0.2, 0.25) is 0 Å². The lowest BCUT2D eigenvalue weighted by Crippen LogP contribution is -2.37. The van der Waals surface area contributed by atoms with Crippen molar-refractivity contribution >= 4 is 37.5 Å². The van der Waals surface area contributed by atoms with Gasteiger partial charge in [0.05, 0.1) is 66.4 Å². The van der Waals surface area contributed by atoms with E-state index >= 15 is 0 Å². The topological polar surface area (TPSA) is 113 Å². The fraction of sp³-hybridized carbons (Fsp3) is 0.333. The first kappa shape index (κ1) is 27.1. The molecule has 1 aliphatic heterocycles. The van der Waals surface area contributed by atoms with Crippen molar-refractivity contribution < 1.29 is 26.8 Å². The SMILES string of the molecule is COc1ccc2nc(S(=O)Cc3ncc(C)c(OC)c3C)n(S(=O)(=O)c3ccccc3N3CCOCC3)c2c1. The molecule has 1 unspecified atom stereocenters. The van der Waals surface area contributed by atoms with Gasteiger partial charge in [0.1, 0.15) is 16.4 Å². The van der Waals surface area contributed by atoms with Gasteiger partial charge in [-0.2, -0.15) is 0 Å². The molecular weight excluding hydrogens is 540 g/mol. The number of ether oxygens (including phenoxy) is 3. The number of fused-ring (bicyclic) bond motifs is 1. The summed E-state index contributed by atoms with van der Waals surface area (Å²) in [5.74, 6) is 1.07. The van der Waals surface area contributed by atoms with Gasteiger partial charge in [0, 0.05) is 36.5 Å². The molecule has 1 saturated heterocycles. The molecule has 10 nitrogen and oxygen atoms in total. The van der Waals surface area contributed by atoms with Gasteiger partial charge in [-0.25, -0.2) is 17.4 Å². The van der Waals surface area contributed by atoms with Crippen LogP contribution >= 0.6 is 0 Å². The van der Waals surface area contributed by atoms with Crippen LogP contribution in [0.5, 0.6) is 11.5 Å². The van der Waals surface area contributed by atoms with E-state index in [0.29, 0.717) is 54.7 Å². The zero-order valence-electron chi connectivity index (χ0n) is 22.2. The van der Waals surface area contributed by atoms with E-state index < -0.39 is 20.8 Å². The van der Waals surface area contributed by atoms with Crippen molar-refractivity contribution in [3.63, 3.8) is 0 Å². The van der Waals surface area contributed by atoms with Gasteiger partial charge in [0.15, 0.2) is 0 Å². The van der Waals surface area contributed by atoms with Crippen molar-refractivity contribution in [2.45, 2.75) is 29.7 Å². The molecule has 4 aromatic rings. The number of rotatable bonds is 8. The summed E-state index contributed by atoms with van der Waals surface area (Å²) in [6.45, 7) is 5.84. The lowest BCUT2D eigenvalue weighted by Gasteiger charge is -2.30. The minimum Gasteiger partial charge on any atom is -0.497 e. The van der Waals surface area contributed by atoms with E-state index in [4.69, 9.17) is 14.2 Å². The van der Waals surface area contributed by atoms with E-state index in [0.717, 1.165) is 15.1 Å². The van der Waals surface area contributed by atoms with Gasteiger partial charge in [0.2, 0.25) is 5.16 Å². The predicted octanol–water partition coefficient (Wildman–Crippen LogP) is 3.45. The Morgan fingerprint density at radius 1 is 1.05 bits per heavy atom. The van der Waals surface area contributed by atoms with E-state index in [1.54, 1.807) is 55.8 Å². The van der Waals surface area contributed by atoms with Crippen LogP contribution in [-0.2, 0) is 31.3 Å². The van der Waals surface area contributed by atoms with Gasteiger partial charge in [-0.3, -0.25) is 9.19 Å². The molecule has 0 amide bonds. The van der Waals surface area contributed by atoms with Crippen molar-refractivity contribution in [1.29, 1.82) is 0 Å². The van der Waals surface area contributed by atoms with Gasteiger partial charge < -0.3 is 19.1 Å². The Labute approximate surface area is 230 Å². The zero-order valence-corrected chi connectivity index (χ0v) is 23.8. The number of anilines is 1. The standard InChI is InChI=1S/C27H30N4O6S2/c1-18-16-28-22(19(2)26(18)36-4)17-38(32)27-29-21-10-9-20(35-3)15-24(21)31(27)39(33,34)25-8-6-5-7-23(25)30-11-13-37-14-12-30/h5-10,15-16H,11-14,17H2,1-4H3. The summed E-state index contributed by atoms with van der Waals surface area (Å²) < 4.78 is 60.1. The van der Waals surface area contributed by atoms with Crippen molar-refractivity contribution in [1.82, 2.24) is 13.9 Å². The van der Waals surface area contributed by atoms with Crippen molar-refractivity contribution in [3.05, 3.63) is 65.5 Å². The molecule has 12 heteroatoms. The highest BCUT2D eigenvalue weighted by Crippen LogP contribution is 2.34. The molecule has 0 saturated carbocycles. The summed E-state index contributed by atoms with van der Waals surface area (Å²) in [6, 6.07) is 11.8. The van der Waals surface area contributed by atoms with Crippen LogP contribution in [0.1, 0.15) is 16.8 Å². The third-order valence-corrected chi connectivity index (χ3v) is 9.83. The van der Waals surface area contributed by atoms with Crippen LogP contribution in [0.15, 0.2) is 58.7 Å². The maximum absolute atomic E-state index is 14.4. The summed E-state index contributed by atoms with van der Waals surface area (Å²) in [7, 11) is -3.04. The number of hydrogen-bond donors (Lipinski definition) is 0. The normalized spacial score (nSPS) is 14.9. The number of hydrogen-bond acceptors (Lipinski definition) is 9. The smallest absolute Gasteiger partial charge is 0.272 e. The third-order valence-electron chi connectivity index (χ3n) is 6.75.